The van der Waals surface area contributed by atoms with Crippen LogP contribution in [-0.2, 0) is 14.3 Å². The number of hydrogen-bond donors (Lipinski definition) is 3. The van der Waals surface area contributed by atoms with Crippen molar-refractivity contribution in [1.29, 1.82) is 0 Å². The van der Waals surface area contributed by atoms with Gasteiger partial charge in [-0.15, -0.1) is 0 Å². The number of nitrogens with zero attached hydrogens (tertiary/aromatic N) is 9. The van der Waals surface area contributed by atoms with Crippen molar-refractivity contribution >= 4 is 46.1 Å². The predicted octanol–water partition coefficient (Wildman–Crippen LogP) is 6.64. The van der Waals surface area contributed by atoms with Crippen LogP contribution >= 0.6 is 0 Å². The Morgan fingerprint density at radius 3 is 2.45 bits per heavy atom. The van der Waals surface area contributed by atoms with Gasteiger partial charge in [0.25, 0.3) is 0 Å². The van der Waals surface area contributed by atoms with Gasteiger partial charge in [-0.25, -0.2) is 23.8 Å². The molecule has 3 saturated heterocycles. The standard InChI is InChI=1S/C46H57FN12O5/c1-28(2)59-44-39(43(48)50-27-51-44)40(54-59)41-38(42(64-55-41)30-7-8-30)34-11-9-31(26-49-34)29-15-18-58(19-16-29)46(62)63-24-6-4-3-5-17-56-20-22-57(23-21-56)36-13-10-32(25-33(36)47)52-35-12-14-37(60)53-45(35)61/h9-11,13,25-30,35,52H,3-8,12,14-24H2,1-2H3,(H2,48,50,51)(H,53,60,61). The van der Waals surface area contributed by atoms with E-state index in [0.717, 1.165) is 107 Å². The van der Waals surface area contributed by atoms with Crippen molar-refractivity contribution in [1.82, 2.24) is 45.0 Å². The highest BCUT2D eigenvalue weighted by Crippen LogP contribution is 2.48. The normalized spacial score (nSPS) is 18.8. The van der Waals surface area contributed by atoms with Crippen LogP contribution in [0.4, 0.5) is 26.4 Å². The number of halogens is 1. The van der Waals surface area contributed by atoms with E-state index in [4.69, 9.17) is 25.1 Å². The number of likely N-dealkylation sites (tertiary alicyclic amines) is 1. The highest BCUT2D eigenvalue weighted by molar-refractivity contribution is 6.02. The van der Waals surface area contributed by atoms with Gasteiger partial charge in [-0.1, -0.05) is 24.1 Å². The number of unbranched alkanes of at least 4 members (excludes halogenated alkanes) is 3. The van der Waals surface area contributed by atoms with Crippen LogP contribution in [0.25, 0.3) is 33.7 Å². The lowest BCUT2D eigenvalue weighted by atomic mass is 9.90. The number of carbonyl (C=O) groups is 3. The minimum Gasteiger partial charge on any atom is -0.449 e. The lowest BCUT2D eigenvalue weighted by Crippen LogP contribution is -2.47. The Morgan fingerprint density at radius 2 is 1.73 bits per heavy atom. The van der Waals surface area contributed by atoms with Crippen molar-refractivity contribution in [3.63, 3.8) is 0 Å². The van der Waals surface area contributed by atoms with E-state index >= 15 is 4.39 Å². The molecule has 9 rings (SSSR count). The molecule has 4 fully saturated rings. The third-order valence-corrected chi connectivity index (χ3v) is 13.0. The van der Waals surface area contributed by atoms with Crippen LogP contribution in [0.15, 0.2) is 47.4 Å². The fourth-order valence-electron chi connectivity index (χ4n) is 9.19. The number of piperidine rings is 2. The molecule has 1 unspecified atom stereocenters. The monoisotopic (exact) mass is 876 g/mol. The molecule has 0 spiro atoms. The predicted molar refractivity (Wildman–Crippen MR) is 239 cm³/mol. The highest BCUT2D eigenvalue weighted by atomic mass is 19.1. The van der Waals surface area contributed by atoms with Crippen molar-refractivity contribution in [2.24, 2.45) is 0 Å². The Hall–Kier alpha value is -6.17. The number of hydrogen-bond acceptors (Lipinski definition) is 14. The Labute approximate surface area is 371 Å². The molecule has 5 aromatic rings. The van der Waals surface area contributed by atoms with Gasteiger partial charge in [-0.2, -0.15) is 5.10 Å². The Morgan fingerprint density at radius 1 is 0.938 bits per heavy atom. The summed E-state index contributed by atoms with van der Waals surface area (Å²) < 4.78 is 28.6. The molecular formula is C46H57FN12O5. The number of carbonyl (C=O) groups excluding carboxylic acids is 3. The van der Waals surface area contributed by atoms with Crippen LogP contribution in [-0.4, -0.2) is 116 Å². The van der Waals surface area contributed by atoms with Crippen molar-refractivity contribution in [2.75, 3.05) is 68.4 Å². The Kier molecular flexibility index (Phi) is 12.7. The number of ether oxygens (including phenoxy) is 1. The summed E-state index contributed by atoms with van der Waals surface area (Å²) in [5.41, 5.74) is 12.0. The molecule has 18 heteroatoms. The van der Waals surface area contributed by atoms with E-state index in [1.807, 2.05) is 35.7 Å². The summed E-state index contributed by atoms with van der Waals surface area (Å²) in [5, 5.41) is 15.5. The molecule has 1 aromatic carbocycles. The molecule has 0 radical (unpaired) electrons. The number of nitrogens with two attached hydrogens (primary N) is 1. The minimum atomic E-state index is -0.552. The molecule has 4 N–H and O–H groups in total. The number of nitrogen functional groups attached to an aromatic ring is 1. The SMILES string of the molecule is CC(C)n1nc(-c2noc(C3CC3)c2-c2ccc(C3CCN(C(=O)OCCCCCCN4CCN(c5ccc(NC6CCC(=O)NC6=O)cc5F)CC4)CC3)cn2)c2c(N)ncnc21. The van der Waals surface area contributed by atoms with Gasteiger partial charge in [-0.3, -0.25) is 24.8 Å². The number of fused-ring (bicyclic) bond motifs is 1. The number of benzene rings is 1. The lowest BCUT2D eigenvalue weighted by Gasteiger charge is -2.36. The molecule has 4 aliphatic rings. The van der Waals surface area contributed by atoms with Gasteiger partial charge in [0, 0.05) is 69.5 Å². The van der Waals surface area contributed by atoms with Crippen molar-refractivity contribution in [3.8, 4) is 22.6 Å². The number of imide groups is 1. The van der Waals surface area contributed by atoms with Crippen molar-refractivity contribution in [3.05, 3.63) is 60.0 Å². The maximum Gasteiger partial charge on any atom is 0.409 e. The molecular weight excluding hydrogens is 820 g/mol. The lowest BCUT2D eigenvalue weighted by molar-refractivity contribution is -0.133. The number of piperazine rings is 1. The second-order valence-electron chi connectivity index (χ2n) is 17.8. The topological polar surface area (TPSA) is 203 Å². The molecule has 1 aliphatic carbocycles. The van der Waals surface area contributed by atoms with Crippen LogP contribution in [0.2, 0.25) is 0 Å². The number of amides is 3. The van der Waals surface area contributed by atoms with E-state index in [9.17, 15) is 14.4 Å². The fraction of sp³-hybridized carbons (Fsp3) is 0.522. The zero-order valence-corrected chi connectivity index (χ0v) is 36.6. The zero-order chi connectivity index (χ0) is 44.3. The third kappa shape index (κ3) is 9.37. The van der Waals surface area contributed by atoms with E-state index in [1.165, 1.54) is 12.4 Å². The highest BCUT2D eigenvalue weighted by Gasteiger charge is 2.36. The fourth-order valence-corrected chi connectivity index (χ4v) is 9.19. The van der Waals surface area contributed by atoms with Crippen molar-refractivity contribution < 1.29 is 28.0 Å². The van der Waals surface area contributed by atoms with E-state index in [0.29, 0.717) is 71.6 Å². The van der Waals surface area contributed by atoms with Crippen LogP contribution in [0.3, 0.4) is 0 Å². The summed E-state index contributed by atoms with van der Waals surface area (Å²) in [6.45, 7) is 9.93. The maximum absolute atomic E-state index is 15.1. The second kappa shape index (κ2) is 18.9. The van der Waals surface area contributed by atoms with Gasteiger partial charge in [0.1, 0.15) is 41.2 Å². The van der Waals surface area contributed by atoms with E-state index in [1.54, 1.807) is 12.1 Å². The first-order valence-corrected chi connectivity index (χ1v) is 22.8. The Balaban J connectivity index is 0.683. The van der Waals surface area contributed by atoms with Gasteiger partial charge in [0.15, 0.2) is 5.65 Å². The molecule has 7 heterocycles. The van der Waals surface area contributed by atoms with Crippen LogP contribution in [0.1, 0.15) is 107 Å². The number of nitrogens with one attached hydrogen (secondary N) is 2. The molecule has 1 saturated carbocycles. The average molecular weight is 877 g/mol. The largest absolute Gasteiger partial charge is 0.449 e. The van der Waals surface area contributed by atoms with E-state index < -0.39 is 6.04 Å². The molecule has 17 nitrogen and oxygen atoms in total. The maximum atomic E-state index is 15.1. The summed E-state index contributed by atoms with van der Waals surface area (Å²) in [4.78, 5) is 56.5. The number of pyridine rings is 1. The second-order valence-corrected chi connectivity index (χ2v) is 17.8. The number of aromatic nitrogens is 6. The molecule has 3 amide bonds. The Bertz CT molecular complexity index is 2470. The van der Waals surface area contributed by atoms with Gasteiger partial charge >= 0.3 is 6.09 Å². The number of anilines is 3. The van der Waals surface area contributed by atoms with Crippen molar-refractivity contribution in [2.45, 2.75) is 102 Å². The first-order chi connectivity index (χ1) is 31.1. The molecule has 0 bridgehead atoms. The molecule has 338 valence electrons. The summed E-state index contributed by atoms with van der Waals surface area (Å²) in [6, 6.07) is 8.63. The van der Waals surface area contributed by atoms with Gasteiger partial charge in [0.2, 0.25) is 11.8 Å². The summed E-state index contributed by atoms with van der Waals surface area (Å²) >= 11 is 0. The molecule has 1 atom stereocenters. The van der Waals surface area contributed by atoms with E-state index in [2.05, 4.69) is 41.6 Å². The van der Waals surface area contributed by atoms with Crippen LogP contribution < -0.4 is 21.3 Å². The molecule has 64 heavy (non-hydrogen) atoms. The first kappa shape index (κ1) is 43.1. The van der Waals surface area contributed by atoms with Gasteiger partial charge in [0.05, 0.1) is 28.9 Å². The number of rotatable bonds is 15. The summed E-state index contributed by atoms with van der Waals surface area (Å²) in [6.07, 6.45) is 11.5. The van der Waals surface area contributed by atoms with Crippen LogP contribution in [0.5, 0.6) is 0 Å². The summed E-state index contributed by atoms with van der Waals surface area (Å²) in [5.74, 6) is 0.743. The third-order valence-electron chi connectivity index (χ3n) is 13.0. The minimum absolute atomic E-state index is 0.0480. The zero-order valence-electron chi connectivity index (χ0n) is 36.6. The van der Waals surface area contributed by atoms with Crippen LogP contribution in [0, 0.1) is 5.82 Å². The first-order valence-electron chi connectivity index (χ1n) is 22.8. The van der Waals surface area contributed by atoms with E-state index in [-0.39, 0.29) is 42.1 Å². The van der Waals surface area contributed by atoms with Gasteiger partial charge < -0.3 is 30.1 Å². The molecule has 3 aliphatic heterocycles. The molecule has 4 aromatic heterocycles. The van der Waals surface area contributed by atoms with Gasteiger partial charge in [-0.05, 0) is 101 Å². The smallest absolute Gasteiger partial charge is 0.409 e. The average Bonchev–Trinajstić information content (AvgIpc) is 3.92. The summed E-state index contributed by atoms with van der Waals surface area (Å²) in [7, 11) is 0. The quantitative estimate of drug-likeness (QED) is 0.0746.